The van der Waals surface area contributed by atoms with Crippen LogP contribution in [0.15, 0.2) is 40.8 Å². The molecule has 1 heterocycles. The number of furan rings is 1. The van der Waals surface area contributed by atoms with Gasteiger partial charge in [0.25, 0.3) is 0 Å². The van der Waals surface area contributed by atoms with E-state index in [4.69, 9.17) is 9.15 Å². The number of carboxylic acid groups (broad SMARTS) is 1. The van der Waals surface area contributed by atoms with Gasteiger partial charge in [-0.25, -0.2) is 9.18 Å². The van der Waals surface area contributed by atoms with Crippen LogP contribution in [0.3, 0.4) is 0 Å². The number of halogens is 1. The molecule has 0 spiro atoms. The van der Waals surface area contributed by atoms with Gasteiger partial charge in [0.15, 0.2) is 0 Å². The molecule has 3 aromatic rings. The Kier molecular flexibility index (Phi) is 4.01. The second kappa shape index (κ2) is 6.00. The lowest BCUT2D eigenvalue weighted by Gasteiger charge is -2.12. The molecule has 0 aliphatic heterocycles. The monoisotopic (exact) mass is 328 g/mol. The fourth-order valence-electron chi connectivity index (χ4n) is 2.62. The second-order valence-electron chi connectivity index (χ2n) is 5.90. The topological polar surface area (TPSA) is 59.7 Å². The third-order valence-corrected chi connectivity index (χ3v) is 3.67. The first-order valence-electron chi connectivity index (χ1n) is 7.60. The molecular weight excluding hydrogens is 311 g/mol. The van der Waals surface area contributed by atoms with E-state index >= 15 is 0 Å². The molecular formula is C19H17FO4. The standard InChI is InChI=1S/C19H17FO4/c1-10(2)23-15-9-14-16(8-11(15)3)24-18(17(14)19(21)22)12-4-6-13(20)7-5-12/h4-10H,1-3H3,(H,21,22). The maximum atomic E-state index is 13.1. The van der Waals surface area contributed by atoms with Crippen molar-refractivity contribution < 1.29 is 23.4 Å². The number of rotatable bonds is 4. The molecule has 0 saturated heterocycles. The quantitative estimate of drug-likeness (QED) is 0.729. The highest BCUT2D eigenvalue weighted by molar-refractivity contribution is 6.08. The summed E-state index contributed by atoms with van der Waals surface area (Å²) in [6, 6.07) is 8.98. The fraction of sp³-hybridized carbons (Fsp3) is 0.211. The maximum absolute atomic E-state index is 13.1. The van der Waals surface area contributed by atoms with Crippen molar-refractivity contribution in [3.05, 3.63) is 53.3 Å². The zero-order valence-corrected chi connectivity index (χ0v) is 13.6. The Morgan fingerprint density at radius 1 is 1.21 bits per heavy atom. The molecule has 4 nitrogen and oxygen atoms in total. The van der Waals surface area contributed by atoms with E-state index in [1.165, 1.54) is 24.3 Å². The van der Waals surface area contributed by atoms with Crippen molar-refractivity contribution in [1.82, 2.24) is 0 Å². The highest BCUT2D eigenvalue weighted by atomic mass is 19.1. The van der Waals surface area contributed by atoms with Crippen molar-refractivity contribution in [2.24, 2.45) is 0 Å². The normalized spacial score (nSPS) is 11.2. The minimum atomic E-state index is -1.10. The van der Waals surface area contributed by atoms with E-state index in [9.17, 15) is 14.3 Å². The van der Waals surface area contributed by atoms with Crippen LogP contribution in [-0.4, -0.2) is 17.2 Å². The highest BCUT2D eigenvalue weighted by Crippen LogP contribution is 2.37. The van der Waals surface area contributed by atoms with Gasteiger partial charge in [-0.05, 0) is 62.7 Å². The van der Waals surface area contributed by atoms with Crippen molar-refractivity contribution in [3.8, 4) is 17.1 Å². The van der Waals surface area contributed by atoms with Crippen molar-refractivity contribution >= 4 is 16.9 Å². The van der Waals surface area contributed by atoms with Crippen LogP contribution in [0, 0.1) is 12.7 Å². The van der Waals surface area contributed by atoms with E-state index in [0.29, 0.717) is 22.3 Å². The third-order valence-electron chi connectivity index (χ3n) is 3.67. The number of carbonyl (C=O) groups is 1. The first-order chi connectivity index (χ1) is 11.4. The van der Waals surface area contributed by atoms with Crippen LogP contribution < -0.4 is 4.74 Å². The predicted molar refractivity (Wildman–Crippen MR) is 89.1 cm³/mol. The van der Waals surface area contributed by atoms with Crippen LogP contribution in [0.5, 0.6) is 5.75 Å². The van der Waals surface area contributed by atoms with E-state index < -0.39 is 11.8 Å². The van der Waals surface area contributed by atoms with E-state index in [1.54, 1.807) is 12.1 Å². The van der Waals surface area contributed by atoms with E-state index in [-0.39, 0.29) is 17.4 Å². The fourth-order valence-corrected chi connectivity index (χ4v) is 2.62. The van der Waals surface area contributed by atoms with Gasteiger partial charge in [-0.15, -0.1) is 0 Å². The molecule has 3 rings (SSSR count). The number of carboxylic acids is 1. The summed E-state index contributed by atoms with van der Waals surface area (Å²) in [5, 5.41) is 10.1. The van der Waals surface area contributed by atoms with Gasteiger partial charge in [-0.1, -0.05) is 0 Å². The molecule has 24 heavy (non-hydrogen) atoms. The minimum Gasteiger partial charge on any atom is -0.491 e. The van der Waals surface area contributed by atoms with Crippen molar-refractivity contribution in [1.29, 1.82) is 0 Å². The molecule has 0 saturated carbocycles. The Labute approximate surface area is 138 Å². The number of hydrogen-bond donors (Lipinski definition) is 1. The molecule has 0 unspecified atom stereocenters. The Bertz CT molecular complexity index is 907. The summed E-state index contributed by atoms with van der Waals surface area (Å²) >= 11 is 0. The summed E-state index contributed by atoms with van der Waals surface area (Å²) in [6.07, 6.45) is -0.0297. The zero-order chi connectivity index (χ0) is 17.4. The van der Waals surface area contributed by atoms with Crippen LogP contribution in [0.2, 0.25) is 0 Å². The van der Waals surface area contributed by atoms with Gasteiger partial charge in [0.1, 0.15) is 28.5 Å². The lowest BCUT2D eigenvalue weighted by atomic mass is 10.0. The van der Waals surface area contributed by atoms with Crippen LogP contribution in [-0.2, 0) is 0 Å². The smallest absolute Gasteiger partial charge is 0.340 e. The molecule has 0 radical (unpaired) electrons. The first-order valence-corrected chi connectivity index (χ1v) is 7.60. The maximum Gasteiger partial charge on any atom is 0.340 e. The second-order valence-corrected chi connectivity index (χ2v) is 5.90. The Hall–Kier alpha value is -2.82. The summed E-state index contributed by atoms with van der Waals surface area (Å²) in [5.74, 6) is -0.673. The molecule has 1 N–H and O–H groups in total. The molecule has 0 fully saturated rings. The number of aromatic carboxylic acids is 1. The van der Waals surface area contributed by atoms with Gasteiger partial charge in [0.05, 0.1) is 6.10 Å². The lowest BCUT2D eigenvalue weighted by molar-refractivity contribution is 0.0699. The largest absolute Gasteiger partial charge is 0.491 e. The number of aryl methyl sites for hydroxylation is 1. The van der Waals surface area contributed by atoms with Crippen molar-refractivity contribution in [3.63, 3.8) is 0 Å². The summed E-state index contributed by atoms with van der Waals surface area (Å²) in [7, 11) is 0. The van der Waals surface area contributed by atoms with Gasteiger partial charge >= 0.3 is 5.97 Å². The van der Waals surface area contributed by atoms with Crippen LogP contribution in [0.25, 0.3) is 22.3 Å². The van der Waals surface area contributed by atoms with Crippen LogP contribution >= 0.6 is 0 Å². The average Bonchev–Trinajstić information content (AvgIpc) is 2.86. The summed E-state index contributed by atoms with van der Waals surface area (Å²) in [5.41, 5.74) is 1.87. The Morgan fingerprint density at radius 2 is 1.88 bits per heavy atom. The number of fused-ring (bicyclic) bond motifs is 1. The molecule has 0 aliphatic rings. The van der Waals surface area contributed by atoms with Crippen LogP contribution in [0.4, 0.5) is 4.39 Å². The molecule has 0 atom stereocenters. The van der Waals surface area contributed by atoms with E-state index in [2.05, 4.69) is 0 Å². The zero-order valence-electron chi connectivity index (χ0n) is 13.6. The Balaban J connectivity index is 2.25. The molecule has 5 heteroatoms. The number of hydrogen-bond acceptors (Lipinski definition) is 3. The lowest BCUT2D eigenvalue weighted by Crippen LogP contribution is -2.06. The van der Waals surface area contributed by atoms with E-state index in [1.807, 2.05) is 20.8 Å². The average molecular weight is 328 g/mol. The molecule has 1 aromatic heterocycles. The molecule has 0 aliphatic carbocycles. The third kappa shape index (κ3) is 2.85. The SMILES string of the molecule is Cc1cc2oc(-c3ccc(F)cc3)c(C(=O)O)c2cc1OC(C)C. The minimum absolute atomic E-state index is 0.0297. The van der Waals surface area contributed by atoms with E-state index in [0.717, 1.165) is 5.56 Å². The summed E-state index contributed by atoms with van der Waals surface area (Å²) in [6.45, 7) is 5.68. The highest BCUT2D eigenvalue weighted by Gasteiger charge is 2.23. The van der Waals surface area contributed by atoms with Gasteiger partial charge < -0.3 is 14.3 Å². The van der Waals surface area contributed by atoms with Crippen molar-refractivity contribution in [2.75, 3.05) is 0 Å². The number of benzene rings is 2. The van der Waals surface area contributed by atoms with Crippen LogP contribution in [0.1, 0.15) is 29.8 Å². The molecule has 0 amide bonds. The predicted octanol–water partition coefficient (Wildman–Crippen LogP) is 5.03. The summed E-state index contributed by atoms with van der Waals surface area (Å²) < 4.78 is 24.6. The van der Waals surface area contributed by atoms with Crippen molar-refractivity contribution in [2.45, 2.75) is 26.9 Å². The molecule has 0 bridgehead atoms. The Morgan fingerprint density at radius 3 is 2.46 bits per heavy atom. The first kappa shape index (κ1) is 16.1. The van der Waals surface area contributed by atoms with Gasteiger partial charge in [-0.2, -0.15) is 0 Å². The summed E-state index contributed by atoms with van der Waals surface area (Å²) in [4.78, 5) is 11.8. The molecule has 124 valence electrons. The van der Waals surface area contributed by atoms with Gasteiger partial charge in [0, 0.05) is 10.9 Å². The van der Waals surface area contributed by atoms with Gasteiger partial charge in [-0.3, -0.25) is 0 Å². The molecule has 2 aromatic carbocycles. The van der Waals surface area contributed by atoms with Gasteiger partial charge in [0.2, 0.25) is 0 Å². The number of ether oxygens (including phenoxy) is 1.